The zero-order valence-electron chi connectivity index (χ0n) is 19.6. The van der Waals surface area contributed by atoms with Crippen molar-refractivity contribution in [1.82, 2.24) is 0 Å². The van der Waals surface area contributed by atoms with Crippen LogP contribution in [0.15, 0.2) is 76.1 Å². The van der Waals surface area contributed by atoms with Crippen LogP contribution in [0.4, 0.5) is 11.4 Å². The fourth-order valence-corrected chi connectivity index (χ4v) is 5.16. The number of ether oxygens (including phenoxy) is 2. The third-order valence-electron chi connectivity index (χ3n) is 5.15. The van der Waals surface area contributed by atoms with E-state index in [1.165, 1.54) is 16.7 Å². The molecule has 184 valence electrons. The van der Waals surface area contributed by atoms with Gasteiger partial charge in [0.25, 0.3) is 11.8 Å². The molecule has 36 heavy (non-hydrogen) atoms. The monoisotopic (exact) mass is 582 g/mol. The van der Waals surface area contributed by atoms with E-state index in [1.807, 2.05) is 68.4 Å². The number of rotatable bonds is 8. The van der Waals surface area contributed by atoms with Gasteiger partial charge in [0.05, 0.1) is 17.2 Å². The quantitative estimate of drug-likeness (QED) is 0.239. The molecule has 1 N–H and O–H groups in total. The van der Waals surface area contributed by atoms with Crippen LogP contribution in [0.3, 0.4) is 0 Å². The molecule has 3 aromatic carbocycles. The molecule has 0 aromatic heterocycles. The van der Waals surface area contributed by atoms with E-state index < -0.39 is 0 Å². The van der Waals surface area contributed by atoms with Crippen LogP contribution in [0, 0.1) is 6.92 Å². The highest BCUT2D eigenvalue weighted by Gasteiger charge is 2.33. The van der Waals surface area contributed by atoms with Crippen molar-refractivity contribution >= 4 is 73.5 Å². The molecule has 1 aliphatic rings. The Morgan fingerprint density at radius 1 is 1.08 bits per heavy atom. The van der Waals surface area contributed by atoms with E-state index in [9.17, 15) is 9.59 Å². The van der Waals surface area contributed by atoms with Gasteiger partial charge in [-0.2, -0.15) is 0 Å². The topological polar surface area (TPSA) is 67.9 Å². The van der Waals surface area contributed by atoms with Crippen molar-refractivity contribution in [2.75, 3.05) is 23.4 Å². The lowest BCUT2D eigenvalue weighted by Gasteiger charge is -2.15. The number of nitrogens with one attached hydrogen (secondary N) is 1. The molecule has 9 heteroatoms. The lowest BCUT2D eigenvalue weighted by molar-refractivity contribution is -0.118. The number of hydrogen-bond acceptors (Lipinski definition) is 6. The lowest BCUT2D eigenvalue weighted by atomic mass is 10.1. The van der Waals surface area contributed by atoms with Crippen molar-refractivity contribution in [3.05, 3.63) is 87.2 Å². The third-order valence-corrected chi connectivity index (χ3v) is 7.14. The normalized spacial score (nSPS) is 14.3. The number of thiocarbonyl (C=S) groups is 1. The van der Waals surface area contributed by atoms with Crippen molar-refractivity contribution in [1.29, 1.82) is 0 Å². The highest BCUT2D eigenvalue weighted by atomic mass is 79.9. The number of anilines is 2. The SMILES string of the molecule is CCOc1cc(/C=C2/SC(=S)N(c3ccccc3)C2=O)c(Br)cc1OCC(=O)Nc1ccc(C)cc1. The molecular weight excluding hydrogens is 560 g/mol. The summed E-state index contributed by atoms with van der Waals surface area (Å²) in [4.78, 5) is 27.5. The summed E-state index contributed by atoms with van der Waals surface area (Å²) < 4.78 is 12.7. The lowest BCUT2D eigenvalue weighted by Crippen LogP contribution is -2.27. The van der Waals surface area contributed by atoms with E-state index >= 15 is 0 Å². The molecule has 0 radical (unpaired) electrons. The molecule has 1 fully saturated rings. The van der Waals surface area contributed by atoms with Crippen molar-refractivity contribution in [3.63, 3.8) is 0 Å². The smallest absolute Gasteiger partial charge is 0.270 e. The highest BCUT2D eigenvalue weighted by Crippen LogP contribution is 2.39. The predicted molar refractivity (Wildman–Crippen MR) is 153 cm³/mol. The number of aryl methyl sites for hydroxylation is 1. The summed E-state index contributed by atoms with van der Waals surface area (Å²) in [6.45, 7) is 4.06. The number of nitrogens with zero attached hydrogens (tertiary/aromatic N) is 1. The first kappa shape index (κ1) is 25.9. The maximum Gasteiger partial charge on any atom is 0.270 e. The standard InChI is InChI=1S/C27H23BrN2O4S2/c1-3-33-22-13-18(14-24-26(32)30(27(35)36-24)20-7-5-4-6-8-20)21(28)15-23(22)34-16-25(31)29-19-11-9-17(2)10-12-19/h4-15H,3,16H2,1-2H3,(H,29,31)/b24-14+. The number of amides is 2. The summed E-state index contributed by atoms with van der Waals surface area (Å²) in [5.41, 5.74) is 3.26. The Labute approximate surface area is 227 Å². The summed E-state index contributed by atoms with van der Waals surface area (Å²) in [5, 5.41) is 2.81. The van der Waals surface area contributed by atoms with Crippen LogP contribution >= 0.6 is 39.9 Å². The van der Waals surface area contributed by atoms with Crippen LogP contribution in [0.5, 0.6) is 11.5 Å². The van der Waals surface area contributed by atoms with Crippen LogP contribution in [-0.2, 0) is 9.59 Å². The summed E-state index contributed by atoms with van der Waals surface area (Å²) in [7, 11) is 0. The molecule has 0 saturated carbocycles. The molecule has 0 unspecified atom stereocenters. The fraction of sp³-hybridized carbons (Fsp3) is 0.148. The molecule has 0 atom stereocenters. The number of halogens is 1. The Hall–Kier alpha value is -3.14. The summed E-state index contributed by atoms with van der Waals surface area (Å²) >= 11 is 10.3. The van der Waals surface area contributed by atoms with Gasteiger partial charge in [0.1, 0.15) is 0 Å². The molecular formula is C27H23BrN2O4S2. The Morgan fingerprint density at radius 3 is 2.47 bits per heavy atom. The van der Waals surface area contributed by atoms with Gasteiger partial charge in [-0.3, -0.25) is 14.5 Å². The van der Waals surface area contributed by atoms with Crippen molar-refractivity contribution < 1.29 is 19.1 Å². The van der Waals surface area contributed by atoms with Crippen LogP contribution in [0.1, 0.15) is 18.1 Å². The predicted octanol–water partition coefficient (Wildman–Crippen LogP) is 6.58. The van der Waals surface area contributed by atoms with E-state index in [2.05, 4.69) is 21.2 Å². The largest absolute Gasteiger partial charge is 0.490 e. The minimum Gasteiger partial charge on any atom is -0.490 e. The van der Waals surface area contributed by atoms with Crippen LogP contribution < -0.4 is 19.7 Å². The van der Waals surface area contributed by atoms with E-state index in [0.29, 0.717) is 37.5 Å². The van der Waals surface area contributed by atoms with Gasteiger partial charge in [-0.25, -0.2) is 0 Å². The number of hydrogen-bond donors (Lipinski definition) is 1. The van der Waals surface area contributed by atoms with Crippen LogP contribution in [0.2, 0.25) is 0 Å². The second kappa shape index (κ2) is 11.7. The molecule has 1 heterocycles. The van der Waals surface area contributed by atoms with Gasteiger partial charge >= 0.3 is 0 Å². The number of carbonyl (C=O) groups excluding carboxylic acids is 2. The minimum atomic E-state index is -0.286. The molecule has 1 saturated heterocycles. The minimum absolute atomic E-state index is 0.185. The first-order valence-corrected chi connectivity index (χ1v) is 13.2. The number of benzene rings is 3. The zero-order valence-corrected chi connectivity index (χ0v) is 22.8. The van der Waals surface area contributed by atoms with Gasteiger partial charge in [0.2, 0.25) is 0 Å². The Kier molecular flexibility index (Phi) is 8.45. The van der Waals surface area contributed by atoms with Gasteiger partial charge in [0.15, 0.2) is 22.4 Å². The third kappa shape index (κ3) is 6.16. The van der Waals surface area contributed by atoms with Gasteiger partial charge in [-0.15, -0.1) is 0 Å². The first-order chi connectivity index (χ1) is 17.4. The van der Waals surface area contributed by atoms with E-state index in [-0.39, 0.29) is 18.4 Å². The Morgan fingerprint density at radius 2 is 1.78 bits per heavy atom. The van der Waals surface area contributed by atoms with Crippen molar-refractivity contribution in [3.8, 4) is 11.5 Å². The molecule has 0 aliphatic carbocycles. The average Bonchev–Trinajstić information content (AvgIpc) is 3.14. The van der Waals surface area contributed by atoms with E-state index in [4.69, 9.17) is 21.7 Å². The summed E-state index contributed by atoms with van der Waals surface area (Å²) in [5.74, 6) is 0.408. The fourth-order valence-electron chi connectivity index (χ4n) is 3.43. The van der Waals surface area contributed by atoms with Crippen molar-refractivity contribution in [2.24, 2.45) is 0 Å². The summed E-state index contributed by atoms with van der Waals surface area (Å²) in [6, 6.07) is 20.3. The molecule has 2 amide bonds. The average molecular weight is 584 g/mol. The first-order valence-electron chi connectivity index (χ1n) is 11.1. The molecule has 1 aliphatic heterocycles. The van der Waals surface area contributed by atoms with Crippen LogP contribution in [-0.4, -0.2) is 29.3 Å². The molecule has 4 rings (SSSR count). The Bertz CT molecular complexity index is 1330. The van der Waals surface area contributed by atoms with Gasteiger partial charge in [-0.05, 0) is 61.9 Å². The van der Waals surface area contributed by atoms with Crippen molar-refractivity contribution in [2.45, 2.75) is 13.8 Å². The maximum absolute atomic E-state index is 13.1. The van der Waals surface area contributed by atoms with Gasteiger partial charge in [-0.1, -0.05) is 75.8 Å². The van der Waals surface area contributed by atoms with Gasteiger partial charge < -0.3 is 14.8 Å². The van der Waals surface area contributed by atoms with E-state index in [1.54, 1.807) is 18.2 Å². The second-order valence-electron chi connectivity index (χ2n) is 7.81. The molecule has 3 aromatic rings. The highest BCUT2D eigenvalue weighted by molar-refractivity contribution is 9.10. The second-order valence-corrected chi connectivity index (χ2v) is 10.3. The summed E-state index contributed by atoms with van der Waals surface area (Å²) in [6.07, 6.45) is 1.77. The maximum atomic E-state index is 13.1. The number of thioether (sulfide) groups is 1. The van der Waals surface area contributed by atoms with E-state index in [0.717, 1.165) is 16.8 Å². The van der Waals surface area contributed by atoms with Crippen LogP contribution in [0.25, 0.3) is 6.08 Å². The molecule has 0 bridgehead atoms. The number of para-hydroxylation sites is 1. The molecule has 6 nitrogen and oxygen atoms in total. The van der Waals surface area contributed by atoms with Gasteiger partial charge in [0, 0.05) is 10.2 Å². The molecule has 0 spiro atoms. The Balaban J connectivity index is 1.51. The zero-order chi connectivity index (χ0) is 25.7. The number of carbonyl (C=O) groups is 2.